The van der Waals surface area contributed by atoms with Gasteiger partial charge >= 0.3 is 11.9 Å². The van der Waals surface area contributed by atoms with Crippen molar-refractivity contribution in [3.05, 3.63) is 77.9 Å². The second-order valence-corrected chi connectivity index (χ2v) is 6.87. The summed E-state index contributed by atoms with van der Waals surface area (Å²) in [6.07, 6.45) is 2.04. The van der Waals surface area contributed by atoms with Crippen LogP contribution in [0.15, 0.2) is 66.7 Å². The Morgan fingerprint density at radius 3 is 1.74 bits per heavy atom. The van der Waals surface area contributed by atoms with Crippen molar-refractivity contribution < 1.29 is 23.8 Å². The normalized spacial score (nSPS) is 10.4. The molecule has 0 fully saturated rings. The van der Waals surface area contributed by atoms with Crippen molar-refractivity contribution in [2.75, 3.05) is 18.1 Å². The first-order valence-electron chi connectivity index (χ1n) is 9.88. The van der Waals surface area contributed by atoms with Crippen LogP contribution in [0.1, 0.15) is 40.5 Å². The van der Waals surface area contributed by atoms with E-state index in [0.717, 1.165) is 18.6 Å². The molecule has 0 aromatic heterocycles. The Morgan fingerprint density at radius 2 is 1.19 bits per heavy atom. The zero-order valence-corrected chi connectivity index (χ0v) is 17.2. The Kier molecular flexibility index (Phi) is 7.11. The molecule has 3 rings (SSSR count). The van der Waals surface area contributed by atoms with Gasteiger partial charge in [0, 0.05) is 11.4 Å². The molecule has 0 amide bonds. The van der Waals surface area contributed by atoms with Gasteiger partial charge in [0.05, 0.1) is 17.7 Å². The van der Waals surface area contributed by atoms with E-state index in [9.17, 15) is 9.59 Å². The molecule has 0 unspecified atom stereocenters. The van der Waals surface area contributed by atoms with Crippen molar-refractivity contribution in [2.24, 2.45) is 0 Å². The molecule has 160 valence electrons. The molecular weight excluding hydrogens is 396 g/mol. The summed E-state index contributed by atoms with van der Waals surface area (Å²) >= 11 is 0. The minimum atomic E-state index is -0.601. The molecule has 31 heavy (non-hydrogen) atoms. The Labute approximate surface area is 180 Å². The van der Waals surface area contributed by atoms with Crippen LogP contribution in [0.2, 0.25) is 0 Å². The molecule has 7 heteroatoms. The second kappa shape index (κ2) is 10.2. The predicted molar refractivity (Wildman–Crippen MR) is 118 cm³/mol. The number of anilines is 2. The average Bonchev–Trinajstić information content (AvgIpc) is 2.75. The van der Waals surface area contributed by atoms with Crippen LogP contribution in [0.3, 0.4) is 0 Å². The number of carbonyl (C=O) groups is 2. The van der Waals surface area contributed by atoms with Gasteiger partial charge in [0.15, 0.2) is 0 Å². The number of hydrogen-bond donors (Lipinski definition) is 2. The SMILES string of the molecule is CCCCOc1ccc(OC(=O)c2ccc(OC(=O)c3cc(N)cc(N)c3)cc2)cc1. The molecule has 3 aromatic rings. The van der Waals surface area contributed by atoms with E-state index in [-0.39, 0.29) is 11.3 Å². The maximum absolute atomic E-state index is 12.4. The summed E-state index contributed by atoms with van der Waals surface area (Å²) in [6, 6.07) is 17.4. The molecule has 0 saturated heterocycles. The molecule has 0 radical (unpaired) electrons. The first kappa shape index (κ1) is 21.7. The third kappa shape index (κ3) is 6.24. The van der Waals surface area contributed by atoms with Gasteiger partial charge in [-0.15, -0.1) is 0 Å². The highest BCUT2D eigenvalue weighted by Crippen LogP contribution is 2.21. The zero-order chi connectivity index (χ0) is 22.2. The van der Waals surface area contributed by atoms with Crippen molar-refractivity contribution in [1.29, 1.82) is 0 Å². The fraction of sp³-hybridized carbons (Fsp3) is 0.167. The molecule has 0 aliphatic heterocycles. The summed E-state index contributed by atoms with van der Waals surface area (Å²) < 4.78 is 16.3. The summed E-state index contributed by atoms with van der Waals surface area (Å²) in [7, 11) is 0. The van der Waals surface area contributed by atoms with E-state index >= 15 is 0 Å². The Morgan fingerprint density at radius 1 is 0.710 bits per heavy atom. The number of hydrogen-bond acceptors (Lipinski definition) is 7. The molecule has 0 atom stereocenters. The van der Waals surface area contributed by atoms with Gasteiger partial charge in [0.1, 0.15) is 17.2 Å². The molecule has 0 aliphatic carbocycles. The summed E-state index contributed by atoms with van der Waals surface area (Å²) in [5.41, 5.74) is 12.7. The quantitative estimate of drug-likeness (QED) is 0.239. The van der Waals surface area contributed by atoms with Crippen LogP contribution in [0, 0.1) is 0 Å². The van der Waals surface area contributed by atoms with Gasteiger partial charge in [0.25, 0.3) is 0 Å². The number of benzene rings is 3. The molecule has 0 bridgehead atoms. The van der Waals surface area contributed by atoms with Crippen LogP contribution < -0.4 is 25.7 Å². The second-order valence-electron chi connectivity index (χ2n) is 6.87. The lowest BCUT2D eigenvalue weighted by Gasteiger charge is -2.08. The molecular formula is C24H24N2O5. The maximum Gasteiger partial charge on any atom is 0.343 e. The molecule has 7 nitrogen and oxygen atoms in total. The molecule has 0 heterocycles. The smallest absolute Gasteiger partial charge is 0.343 e. The number of unbranched alkanes of at least 4 members (excludes halogenated alkanes) is 1. The number of nitrogens with two attached hydrogens (primary N) is 2. The van der Waals surface area contributed by atoms with Gasteiger partial charge < -0.3 is 25.7 Å². The monoisotopic (exact) mass is 420 g/mol. The lowest BCUT2D eigenvalue weighted by atomic mass is 10.2. The third-order valence-electron chi connectivity index (χ3n) is 4.31. The van der Waals surface area contributed by atoms with E-state index in [0.29, 0.717) is 29.3 Å². The highest BCUT2D eigenvalue weighted by atomic mass is 16.5. The fourth-order valence-electron chi connectivity index (χ4n) is 2.72. The van der Waals surface area contributed by atoms with E-state index in [1.54, 1.807) is 30.3 Å². The van der Waals surface area contributed by atoms with Crippen molar-refractivity contribution >= 4 is 23.3 Å². The fourth-order valence-corrected chi connectivity index (χ4v) is 2.72. The van der Waals surface area contributed by atoms with Gasteiger partial charge in [-0.3, -0.25) is 0 Å². The van der Waals surface area contributed by atoms with Gasteiger partial charge in [-0.2, -0.15) is 0 Å². The predicted octanol–water partition coefficient (Wildman–Crippen LogP) is 4.47. The number of nitrogen functional groups attached to an aromatic ring is 2. The van der Waals surface area contributed by atoms with Gasteiger partial charge in [-0.25, -0.2) is 9.59 Å². The van der Waals surface area contributed by atoms with Crippen molar-refractivity contribution in [3.8, 4) is 17.2 Å². The van der Waals surface area contributed by atoms with Crippen LogP contribution in [-0.2, 0) is 0 Å². The van der Waals surface area contributed by atoms with E-state index in [4.69, 9.17) is 25.7 Å². The van der Waals surface area contributed by atoms with Crippen LogP contribution in [0.5, 0.6) is 17.2 Å². The van der Waals surface area contributed by atoms with E-state index in [1.807, 2.05) is 0 Å². The minimum Gasteiger partial charge on any atom is -0.494 e. The van der Waals surface area contributed by atoms with Crippen LogP contribution in [0.4, 0.5) is 11.4 Å². The van der Waals surface area contributed by atoms with Crippen LogP contribution in [-0.4, -0.2) is 18.5 Å². The van der Waals surface area contributed by atoms with E-state index in [2.05, 4.69) is 6.92 Å². The molecule has 3 aromatic carbocycles. The van der Waals surface area contributed by atoms with Crippen molar-refractivity contribution in [2.45, 2.75) is 19.8 Å². The number of esters is 2. The van der Waals surface area contributed by atoms with Crippen molar-refractivity contribution in [3.63, 3.8) is 0 Å². The standard InChI is InChI=1S/C24H24N2O5/c1-2-3-12-29-20-8-10-22(11-9-20)30-23(27)16-4-6-21(7-5-16)31-24(28)17-13-18(25)15-19(26)14-17/h4-11,13-15H,2-3,12,25-26H2,1H3. The Balaban J connectivity index is 1.58. The number of rotatable bonds is 8. The summed E-state index contributed by atoms with van der Waals surface area (Å²) in [6.45, 7) is 2.75. The van der Waals surface area contributed by atoms with Gasteiger partial charge in [-0.05, 0) is 73.2 Å². The van der Waals surface area contributed by atoms with Crippen LogP contribution in [0.25, 0.3) is 0 Å². The summed E-state index contributed by atoms with van der Waals surface area (Å²) in [5.74, 6) is 0.275. The zero-order valence-electron chi connectivity index (χ0n) is 17.2. The average molecular weight is 420 g/mol. The van der Waals surface area contributed by atoms with E-state index in [1.165, 1.54) is 36.4 Å². The Hall–Kier alpha value is -4.00. The largest absolute Gasteiger partial charge is 0.494 e. The van der Waals surface area contributed by atoms with E-state index < -0.39 is 11.9 Å². The number of carbonyl (C=O) groups excluding carboxylic acids is 2. The third-order valence-corrected chi connectivity index (χ3v) is 4.31. The molecule has 0 saturated carbocycles. The van der Waals surface area contributed by atoms with Gasteiger partial charge in [0.2, 0.25) is 0 Å². The first-order chi connectivity index (χ1) is 14.9. The summed E-state index contributed by atoms with van der Waals surface area (Å²) in [4.78, 5) is 24.6. The van der Waals surface area contributed by atoms with Gasteiger partial charge in [-0.1, -0.05) is 13.3 Å². The minimum absolute atomic E-state index is 0.239. The topological polar surface area (TPSA) is 114 Å². The lowest BCUT2D eigenvalue weighted by molar-refractivity contribution is 0.0730. The first-order valence-corrected chi connectivity index (χ1v) is 9.88. The molecule has 4 N–H and O–H groups in total. The number of ether oxygens (including phenoxy) is 3. The molecule has 0 aliphatic rings. The Bertz CT molecular complexity index is 1030. The highest BCUT2D eigenvalue weighted by molar-refractivity contribution is 5.94. The molecule has 0 spiro atoms. The maximum atomic E-state index is 12.4. The van der Waals surface area contributed by atoms with Crippen molar-refractivity contribution in [1.82, 2.24) is 0 Å². The highest BCUT2D eigenvalue weighted by Gasteiger charge is 2.13. The van der Waals surface area contributed by atoms with Crippen LogP contribution >= 0.6 is 0 Å². The summed E-state index contributed by atoms with van der Waals surface area (Å²) in [5, 5.41) is 0. The lowest BCUT2D eigenvalue weighted by Crippen LogP contribution is -2.11.